The van der Waals surface area contributed by atoms with Crippen molar-refractivity contribution in [2.45, 2.75) is 0 Å². The zero-order chi connectivity index (χ0) is 16.9. The number of hydrogen-bond acceptors (Lipinski definition) is 3. The van der Waals surface area contributed by atoms with Crippen molar-refractivity contribution in [3.63, 3.8) is 0 Å². The van der Waals surface area contributed by atoms with E-state index in [1.165, 1.54) is 11.1 Å². The van der Waals surface area contributed by atoms with E-state index in [4.69, 9.17) is 7.06 Å². The van der Waals surface area contributed by atoms with E-state index in [0.29, 0.717) is 0 Å². The topological polar surface area (TPSA) is 31.4 Å². The Morgan fingerprint density at radius 1 is 0.640 bits per heavy atom. The quantitative estimate of drug-likeness (QED) is 0.460. The van der Waals surface area contributed by atoms with Crippen molar-refractivity contribution >= 4 is 29.0 Å². The summed E-state index contributed by atoms with van der Waals surface area (Å²) in [4.78, 5) is 4.40. The fourth-order valence-corrected chi connectivity index (χ4v) is 3.94. The second kappa shape index (κ2) is 7.46. The van der Waals surface area contributed by atoms with Gasteiger partial charge in [0.1, 0.15) is 0 Å². The third-order valence-electron chi connectivity index (χ3n) is 3.92. The van der Waals surface area contributed by atoms with Gasteiger partial charge in [0.05, 0.1) is 0 Å². The van der Waals surface area contributed by atoms with Gasteiger partial charge in [-0.2, -0.15) is 0 Å². The molecule has 3 nitrogen and oxygen atoms in total. The van der Waals surface area contributed by atoms with Crippen LogP contribution in [0.1, 0.15) is 0 Å². The van der Waals surface area contributed by atoms with Crippen molar-refractivity contribution in [3.8, 4) is 22.6 Å². The molecule has 119 valence electrons. The van der Waals surface area contributed by atoms with Crippen molar-refractivity contribution in [3.05, 3.63) is 91.1 Å². The van der Waals surface area contributed by atoms with Crippen molar-refractivity contribution in [2.75, 3.05) is 0 Å². The number of rotatable bonds is 5. The van der Waals surface area contributed by atoms with E-state index in [1.54, 1.807) is 6.20 Å². The Hall–Kier alpha value is -2.69. The van der Waals surface area contributed by atoms with Gasteiger partial charge in [0.2, 0.25) is 0 Å². The summed E-state index contributed by atoms with van der Waals surface area (Å²) < 4.78 is 11.8. The predicted octanol–water partition coefficient (Wildman–Crippen LogP) is 4.89. The number of aromatic nitrogens is 1. The van der Waals surface area contributed by atoms with Crippen LogP contribution < -0.4 is 7.06 Å². The van der Waals surface area contributed by atoms with Gasteiger partial charge in [0, 0.05) is 0 Å². The third-order valence-corrected chi connectivity index (χ3v) is 5.42. The van der Waals surface area contributed by atoms with Crippen LogP contribution in [0.3, 0.4) is 0 Å². The molecule has 1 aromatic heterocycles. The zero-order valence-electron chi connectivity index (χ0n) is 13.5. The maximum absolute atomic E-state index is 5.91. The van der Waals surface area contributed by atoms with E-state index >= 15 is 0 Å². The van der Waals surface area contributed by atoms with E-state index < -0.39 is 18.1 Å². The van der Waals surface area contributed by atoms with Gasteiger partial charge in [-0.25, -0.2) is 0 Å². The van der Waals surface area contributed by atoms with Crippen molar-refractivity contribution in [1.82, 2.24) is 4.98 Å². The van der Waals surface area contributed by atoms with Crippen LogP contribution in [0.15, 0.2) is 91.1 Å². The molecular formula is C21H15GaNO2. The van der Waals surface area contributed by atoms with E-state index in [2.05, 4.69) is 29.2 Å². The van der Waals surface area contributed by atoms with Crippen LogP contribution in [0.2, 0.25) is 0 Å². The van der Waals surface area contributed by atoms with E-state index in [-0.39, 0.29) is 0 Å². The second-order valence-corrected chi connectivity index (χ2v) is 6.95. The zero-order valence-corrected chi connectivity index (χ0v) is 15.9. The van der Waals surface area contributed by atoms with Gasteiger partial charge in [0.25, 0.3) is 0 Å². The van der Waals surface area contributed by atoms with E-state index in [1.807, 2.05) is 60.7 Å². The van der Waals surface area contributed by atoms with Gasteiger partial charge in [-0.3, -0.25) is 0 Å². The second-order valence-electron chi connectivity index (χ2n) is 5.55. The van der Waals surface area contributed by atoms with Crippen molar-refractivity contribution in [2.24, 2.45) is 0 Å². The number of pyridine rings is 1. The molecule has 0 N–H and O–H groups in total. The number of benzene rings is 3. The molecule has 0 saturated carbocycles. The average molecular weight is 383 g/mol. The van der Waals surface area contributed by atoms with Gasteiger partial charge in [-0.1, -0.05) is 0 Å². The summed E-state index contributed by atoms with van der Waals surface area (Å²) in [7, 11) is 0. The Balaban J connectivity index is 1.42. The molecule has 4 heteroatoms. The summed E-state index contributed by atoms with van der Waals surface area (Å²) >= 11 is -1.35. The molecule has 4 rings (SSSR count). The van der Waals surface area contributed by atoms with Gasteiger partial charge in [-0.15, -0.1) is 0 Å². The van der Waals surface area contributed by atoms with E-state index in [0.717, 1.165) is 22.4 Å². The first-order valence-electron chi connectivity index (χ1n) is 8.04. The van der Waals surface area contributed by atoms with Gasteiger partial charge < -0.3 is 0 Å². The minimum atomic E-state index is -1.35. The molecule has 0 aliphatic rings. The van der Waals surface area contributed by atoms with Crippen LogP contribution in [-0.2, 0) is 0 Å². The Kier molecular flexibility index (Phi) is 4.72. The molecule has 1 heterocycles. The molecular weight excluding hydrogens is 368 g/mol. The maximum atomic E-state index is 5.91. The summed E-state index contributed by atoms with van der Waals surface area (Å²) in [5, 5.41) is 1.07. The molecule has 0 spiro atoms. The molecule has 25 heavy (non-hydrogen) atoms. The standard InChI is InChI=1S/C12H10O.C9H7NO.Ga/c13-12-8-6-11(7-9-12)10-4-2-1-3-5-10;11-8-5-1-3-7-4-2-6-10-9(7)8;/h1-9,13H;1-6,11H;/q;;+2/p-2. The number of para-hydroxylation sites is 1. The molecule has 1 radical (unpaired) electrons. The van der Waals surface area contributed by atoms with Crippen LogP contribution in [0.5, 0.6) is 11.5 Å². The Morgan fingerprint density at radius 3 is 2.24 bits per heavy atom. The van der Waals surface area contributed by atoms with E-state index in [9.17, 15) is 0 Å². The van der Waals surface area contributed by atoms with Crippen molar-refractivity contribution in [1.29, 1.82) is 0 Å². The van der Waals surface area contributed by atoms with Crippen LogP contribution in [0.25, 0.3) is 22.0 Å². The molecule has 0 unspecified atom stereocenters. The molecule has 0 saturated heterocycles. The average Bonchev–Trinajstić information content (AvgIpc) is 2.69. The van der Waals surface area contributed by atoms with Crippen LogP contribution >= 0.6 is 0 Å². The first-order chi connectivity index (χ1) is 12.4. The Morgan fingerprint density at radius 2 is 1.40 bits per heavy atom. The summed E-state index contributed by atoms with van der Waals surface area (Å²) in [5.74, 6) is 1.63. The molecule has 0 bridgehead atoms. The molecule has 0 aliphatic carbocycles. The van der Waals surface area contributed by atoms with Crippen LogP contribution in [0.4, 0.5) is 0 Å². The van der Waals surface area contributed by atoms with Crippen LogP contribution in [0, 0.1) is 0 Å². The fraction of sp³-hybridized carbons (Fsp3) is 0. The summed E-state index contributed by atoms with van der Waals surface area (Å²) in [6, 6.07) is 28.3. The first-order valence-corrected chi connectivity index (χ1v) is 10.0. The molecule has 3 aromatic carbocycles. The SMILES string of the molecule is c1ccc(-c2ccc([O][Ga][O]c3cccc4cccnc34)cc2)cc1. The molecule has 0 aliphatic heterocycles. The molecule has 0 atom stereocenters. The first kappa shape index (κ1) is 15.8. The minimum absolute atomic E-state index is 0.791. The number of fused-ring (bicyclic) bond motifs is 1. The molecule has 4 aromatic rings. The fourth-order valence-electron chi connectivity index (χ4n) is 2.66. The Bertz CT molecular complexity index is 966. The summed E-state index contributed by atoms with van der Waals surface area (Å²) in [5.41, 5.74) is 3.26. The normalized spacial score (nSPS) is 10.4. The summed E-state index contributed by atoms with van der Waals surface area (Å²) in [6.45, 7) is 0. The molecule has 0 fully saturated rings. The Labute approximate surface area is 154 Å². The van der Waals surface area contributed by atoms with Crippen molar-refractivity contribution < 1.29 is 7.06 Å². The number of hydrogen-bond donors (Lipinski definition) is 0. The number of nitrogens with zero attached hydrogens (tertiary/aromatic N) is 1. The molecule has 0 amide bonds. The van der Waals surface area contributed by atoms with Crippen LogP contribution in [-0.4, -0.2) is 23.1 Å². The van der Waals surface area contributed by atoms with Gasteiger partial charge in [0.15, 0.2) is 0 Å². The van der Waals surface area contributed by atoms with Gasteiger partial charge >= 0.3 is 155 Å². The summed E-state index contributed by atoms with van der Waals surface area (Å²) in [6.07, 6.45) is 1.78. The van der Waals surface area contributed by atoms with Gasteiger partial charge in [-0.05, 0) is 0 Å². The third kappa shape index (κ3) is 3.70. The monoisotopic (exact) mass is 382 g/mol. The predicted molar refractivity (Wildman–Crippen MR) is 101 cm³/mol.